The molecular formula is C18H21N3O. The Labute approximate surface area is 130 Å². The zero-order chi connectivity index (χ0) is 14.9. The Morgan fingerprint density at radius 1 is 1.23 bits per heavy atom. The van der Waals surface area contributed by atoms with Gasteiger partial charge >= 0.3 is 0 Å². The number of pyridine rings is 1. The van der Waals surface area contributed by atoms with Crippen molar-refractivity contribution in [1.82, 2.24) is 15.2 Å². The number of rotatable bonds is 2. The standard InChI is InChI=1S/C18H21N3O/c22-18-7-3-6-17-16(20-18)9-11-21(17)12-13-8-10-19-15-5-2-1-4-14(13)15/h1-2,4-5,8,10,16-17H,3,6-7,9,11-12H2,(H,20,22)/t16-,17-/m1/s1. The molecule has 3 heterocycles. The molecule has 0 aliphatic carbocycles. The number of carbonyl (C=O) groups is 1. The van der Waals surface area contributed by atoms with Crippen LogP contribution in [0, 0.1) is 0 Å². The first-order valence-electron chi connectivity index (χ1n) is 8.17. The van der Waals surface area contributed by atoms with Crippen molar-refractivity contribution in [1.29, 1.82) is 0 Å². The number of nitrogens with zero attached hydrogens (tertiary/aromatic N) is 2. The second kappa shape index (κ2) is 5.69. The maximum atomic E-state index is 11.7. The molecule has 4 nitrogen and oxygen atoms in total. The summed E-state index contributed by atoms with van der Waals surface area (Å²) >= 11 is 0. The maximum absolute atomic E-state index is 11.7. The van der Waals surface area contributed by atoms with Crippen LogP contribution in [-0.4, -0.2) is 34.4 Å². The van der Waals surface area contributed by atoms with Gasteiger partial charge in [-0.15, -0.1) is 0 Å². The largest absolute Gasteiger partial charge is 0.352 e. The summed E-state index contributed by atoms with van der Waals surface area (Å²) in [6.45, 7) is 2.01. The zero-order valence-corrected chi connectivity index (χ0v) is 12.7. The van der Waals surface area contributed by atoms with E-state index in [2.05, 4.69) is 39.5 Å². The predicted octanol–water partition coefficient (Wildman–Crippen LogP) is 2.48. The second-order valence-corrected chi connectivity index (χ2v) is 6.38. The molecule has 0 saturated carbocycles. The summed E-state index contributed by atoms with van der Waals surface area (Å²) in [5.41, 5.74) is 2.40. The molecule has 1 aromatic carbocycles. The number of benzene rings is 1. The van der Waals surface area contributed by atoms with Gasteiger partial charge in [0.2, 0.25) is 5.91 Å². The number of para-hydroxylation sites is 1. The van der Waals surface area contributed by atoms with Crippen molar-refractivity contribution in [2.75, 3.05) is 6.54 Å². The number of amides is 1. The average molecular weight is 295 g/mol. The van der Waals surface area contributed by atoms with Gasteiger partial charge in [-0.25, -0.2) is 0 Å². The molecule has 2 fully saturated rings. The van der Waals surface area contributed by atoms with E-state index in [1.807, 2.05) is 12.3 Å². The predicted molar refractivity (Wildman–Crippen MR) is 86.3 cm³/mol. The van der Waals surface area contributed by atoms with Crippen LogP contribution >= 0.6 is 0 Å². The minimum atomic E-state index is 0.226. The van der Waals surface area contributed by atoms with Gasteiger partial charge in [0.15, 0.2) is 0 Å². The molecule has 1 N–H and O–H groups in total. The van der Waals surface area contributed by atoms with Gasteiger partial charge in [-0.05, 0) is 37.0 Å². The smallest absolute Gasteiger partial charge is 0.220 e. The van der Waals surface area contributed by atoms with Crippen LogP contribution in [0.2, 0.25) is 0 Å². The van der Waals surface area contributed by atoms with Gasteiger partial charge in [0, 0.05) is 43.2 Å². The molecule has 2 saturated heterocycles. The van der Waals surface area contributed by atoms with Gasteiger partial charge in [0.05, 0.1) is 5.52 Å². The first-order valence-corrected chi connectivity index (χ1v) is 8.17. The maximum Gasteiger partial charge on any atom is 0.220 e. The third kappa shape index (κ3) is 2.48. The Balaban J connectivity index is 1.59. The molecule has 2 atom stereocenters. The molecule has 1 amide bonds. The van der Waals surface area contributed by atoms with Crippen LogP contribution in [0.15, 0.2) is 36.5 Å². The van der Waals surface area contributed by atoms with Crippen molar-refractivity contribution in [3.8, 4) is 0 Å². The van der Waals surface area contributed by atoms with E-state index in [1.54, 1.807) is 0 Å². The number of hydrogen-bond acceptors (Lipinski definition) is 3. The van der Waals surface area contributed by atoms with Crippen molar-refractivity contribution in [2.45, 2.75) is 44.3 Å². The van der Waals surface area contributed by atoms with E-state index in [0.29, 0.717) is 18.5 Å². The van der Waals surface area contributed by atoms with Crippen LogP contribution in [-0.2, 0) is 11.3 Å². The van der Waals surface area contributed by atoms with E-state index in [0.717, 1.165) is 37.9 Å². The molecule has 0 bridgehead atoms. The summed E-state index contributed by atoms with van der Waals surface area (Å²) in [6.07, 6.45) is 5.77. The van der Waals surface area contributed by atoms with E-state index < -0.39 is 0 Å². The highest BCUT2D eigenvalue weighted by Gasteiger charge is 2.36. The lowest BCUT2D eigenvalue weighted by molar-refractivity contribution is -0.121. The minimum Gasteiger partial charge on any atom is -0.352 e. The van der Waals surface area contributed by atoms with Gasteiger partial charge in [-0.2, -0.15) is 0 Å². The summed E-state index contributed by atoms with van der Waals surface area (Å²) in [6, 6.07) is 11.3. The molecule has 2 aliphatic heterocycles. The average Bonchev–Trinajstić information content (AvgIpc) is 2.79. The number of likely N-dealkylation sites (tertiary alicyclic amines) is 1. The zero-order valence-electron chi connectivity index (χ0n) is 12.7. The molecule has 2 aliphatic rings. The lowest BCUT2D eigenvalue weighted by atomic mass is 10.0. The quantitative estimate of drug-likeness (QED) is 0.926. The van der Waals surface area contributed by atoms with Crippen LogP contribution in [0.4, 0.5) is 0 Å². The number of hydrogen-bond donors (Lipinski definition) is 1. The highest BCUT2D eigenvalue weighted by molar-refractivity contribution is 5.81. The molecule has 4 rings (SSSR count). The highest BCUT2D eigenvalue weighted by atomic mass is 16.1. The molecule has 22 heavy (non-hydrogen) atoms. The summed E-state index contributed by atoms with van der Waals surface area (Å²) in [7, 11) is 0. The molecule has 0 unspecified atom stereocenters. The second-order valence-electron chi connectivity index (χ2n) is 6.38. The monoisotopic (exact) mass is 295 g/mol. The first kappa shape index (κ1) is 13.7. The fourth-order valence-electron chi connectivity index (χ4n) is 3.93. The fraction of sp³-hybridized carbons (Fsp3) is 0.444. The number of aromatic nitrogens is 1. The fourth-order valence-corrected chi connectivity index (χ4v) is 3.93. The molecule has 114 valence electrons. The summed E-state index contributed by atoms with van der Waals surface area (Å²) in [4.78, 5) is 18.7. The Kier molecular flexibility index (Phi) is 3.54. The molecular weight excluding hydrogens is 274 g/mol. The number of carbonyl (C=O) groups excluding carboxylic acids is 1. The number of fused-ring (bicyclic) bond motifs is 2. The molecule has 4 heteroatoms. The van der Waals surface area contributed by atoms with Gasteiger partial charge in [0.1, 0.15) is 0 Å². The summed E-state index contributed by atoms with van der Waals surface area (Å²) in [5, 5.41) is 4.44. The Bertz CT molecular complexity index is 694. The summed E-state index contributed by atoms with van der Waals surface area (Å²) < 4.78 is 0. The van der Waals surface area contributed by atoms with Crippen molar-refractivity contribution in [2.24, 2.45) is 0 Å². The van der Waals surface area contributed by atoms with Gasteiger partial charge in [0.25, 0.3) is 0 Å². The summed E-state index contributed by atoms with van der Waals surface area (Å²) in [5.74, 6) is 0.226. The van der Waals surface area contributed by atoms with Crippen molar-refractivity contribution in [3.63, 3.8) is 0 Å². The lowest BCUT2D eigenvalue weighted by Crippen LogP contribution is -2.42. The van der Waals surface area contributed by atoms with E-state index >= 15 is 0 Å². The Morgan fingerprint density at radius 2 is 2.14 bits per heavy atom. The van der Waals surface area contributed by atoms with Crippen LogP contribution in [0.25, 0.3) is 10.9 Å². The van der Waals surface area contributed by atoms with E-state index in [1.165, 1.54) is 10.9 Å². The van der Waals surface area contributed by atoms with E-state index in [9.17, 15) is 4.79 Å². The Hall–Kier alpha value is -1.94. The first-order chi connectivity index (χ1) is 10.8. The topological polar surface area (TPSA) is 45.2 Å². The molecule has 0 spiro atoms. The van der Waals surface area contributed by atoms with E-state index in [-0.39, 0.29) is 5.91 Å². The van der Waals surface area contributed by atoms with E-state index in [4.69, 9.17) is 0 Å². The van der Waals surface area contributed by atoms with Gasteiger partial charge < -0.3 is 5.32 Å². The lowest BCUT2D eigenvalue weighted by Gasteiger charge is -2.27. The van der Waals surface area contributed by atoms with Crippen molar-refractivity contribution < 1.29 is 4.79 Å². The highest BCUT2D eigenvalue weighted by Crippen LogP contribution is 2.28. The van der Waals surface area contributed by atoms with Gasteiger partial charge in [-0.1, -0.05) is 18.2 Å². The normalized spacial score (nSPS) is 25.7. The molecule has 0 radical (unpaired) electrons. The third-order valence-corrected chi connectivity index (χ3v) is 5.02. The van der Waals surface area contributed by atoms with Crippen molar-refractivity contribution in [3.05, 3.63) is 42.1 Å². The van der Waals surface area contributed by atoms with Crippen LogP contribution in [0.1, 0.15) is 31.2 Å². The third-order valence-electron chi connectivity index (χ3n) is 5.02. The van der Waals surface area contributed by atoms with Gasteiger partial charge in [-0.3, -0.25) is 14.7 Å². The van der Waals surface area contributed by atoms with Crippen molar-refractivity contribution >= 4 is 16.8 Å². The minimum absolute atomic E-state index is 0.226. The van der Waals surface area contributed by atoms with Crippen LogP contribution in [0.3, 0.4) is 0 Å². The number of nitrogens with one attached hydrogen (secondary N) is 1. The van der Waals surface area contributed by atoms with Crippen LogP contribution in [0.5, 0.6) is 0 Å². The molecule has 2 aromatic rings. The molecule has 1 aromatic heterocycles. The SMILES string of the molecule is O=C1CCC[C@@H]2[C@@H](CCN2Cc2ccnc3ccccc23)N1. The Morgan fingerprint density at radius 3 is 3.09 bits per heavy atom. The van der Waals surface area contributed by atoms with Crippen LogP contribution < -0.4 is 5.32 Å².